The number of hydrogen-bond acceptors (Lipinski definition) is 5. The maximum atomic E-state index is 12.7. The first-order valence-corrected chi connectivity index (χ1v) is 9.33. The van der Waals surface area contributed by atoms with E-state index in [0.717, 1.165) is 4.31 Å². The average molecular weight is 399 g/mol. The van der Waals surface area contributed by atoms with Crippen molar-refractivity contribution in [1.29, 1.82) is 0 Å². The molecule has 2 aromatic carbocycles. The highest BCUT2D eigenvalue weighted by Crippen LogP contribution is 2.29. The third-order valence-electron chi connectivity index (χ3n) is 3.55. The van der Waals surface area contributed by atoms with Crippen molar-refractivity contribution in [2.24, 2.45) is 0 Å². The molecule has 0 aromatic heterocycles. The summed E-state index contributed by atoms with van der Waals surface area (Å²) in [6.07, 6.45) is 0. The standard InChI is InChI=1S/C17H19ClN2O5S/c1-20(11-17(21)19-13-5-7-14(24-2)8-6-13)26(22,23)16-10-12(18)4-9-15(16)25-3/h4-10H,11H2,1-3H3,(H,19,21). The number of carbonyl (C=O) groups is 1. The number of halogens is 1. The fourth-order valence-corrected chi connectivity index (χ4v) is 3.72. The van der Waals surface area contributed by atoms with Gasteiger partial charge in [-0.2, -0.15) is 4.31 Å². The predicted octanol–water partition coefficient (Wildman–Crippen LogP) is 2.62. The largest absolute Gasteiger partial charge is 0.497 e. The Bertz CT molecular complexity index is 885. The van der Waals surface area contributed by atoms with Crippen molar-refractivity contribution >= 4 is 33.2 Å². The molecule has 7 nitrogen and oxygen atoms in total. The van der Waals surface area contributed by atoms with Gasteiger partial charge in [-0.3, -0.25) is 4.79 Å². The molecule has 0 bridgehead atoms. The van der Waals surface area contributed by atoms with E-state index in [1.165, 1.54) is 39.5 Å². The number of benzene rings is 2. The number of nitrogens with zero attached hydrogens (tertiary/aromatic N) is 1. The molecule has 0 radical (unpaired) electrons. The number of nitrogens with one attached hydrogen (secondary N) is 1. The van der Waals surface area contributed by atoms with Gasteiger partial charge in [-0.1, -0.05) is 11.6 Å². The fourth-order valence-electron chi connectivity index (χ4n) is 2.18. The van der Waals surface area contributed by atoms with Crippen LogP contribution in [0.4, 0.5) is 5.69 Å². The van der Waals surface area contributed by atoms with E-state index < -0.39 is 15.9 Å². The Kier molecular flexibility index (Phi) is 6.47. The van der Waals surface area contributed by atoms with Crippen LogP contribution in [-0.4, -0.2) is 46.4 Å². The van der Waals surface area contributed by atoms with Crippen molar-refractivity contribution in [2.45, 2.75) is 4.90 Å². The Morgan fingerprint density at radius 2 is 1.77 bits per heavy atom. The number of likely N-dealkylation sites (N-methyl/N-ethyl adjacent to an activating group) is 1. The first-order valence-electron chi connectivity index (χ1n) is 7.51. The summed E-state index contributed by atoms with van der Waals surface area (Å²) in [5, 5.41) is 2.88. The van der Waals surface area contributed by atoms with Gasteiger partial charge in [0.05, 0.1) is 20.8 Å². The summed E-state index contributed by atoms with van der Waals surface area (Å²) in [5.74, 6) is 0.315. The van der Waals surface area contributed by atoms with Crippen LogP contribution in [0, 0.1) is 0 Å². The molecule has 1 N–H and O–H groups in total. The molecule has 0 aliphatic heterocycles. The van der Waals surface area contributed by atoms with E-state index in [9.17, 15) is 13.2 Å². The zero-order valence-electron chi connectivity index (χ0n) is 14.5. The molecule has 9 heteroatoms. The minimum Gasteiger partial charge on any atom is -0.497 e. The van der Waals surface area contributed by atoms with Crippen molar-refractivity contribution in [3.63, 3.8) is 0 Å². The van der Waals surface area contributed by atoms with Gasteiger partial charge in [-0.05, 0) is 42.5 Å². The van der Waals surface area contributed by atoms with E-state index in [-0.39, 0.29) is 22.2 Å². The molecule has 2 aromatic rings. The van der Waals surface area contributed by atoms with Crippen LogP contribution in [0.2, 0.25) is 5.02 Å². The van der Waals surface area contributed by atoms with Crippen LogP contribution >= 0.6 is 11.6 Å². The average Bonchev–Trinajstić information content (AvgIpc) is 2.62. The summed E-state index contributed by atoms with van der Waals surface area (Å²) in [6.45, 7) is -0.371. The number of methoxy groups -OCH3 is 2. The van der Waals surface area contributed by atoms with E-state index >= 15 is 0 Å². The van der Waals surface area contributed by atoms with Gasteiger partial charge in [-0.25, -0.2) is 8.42 Å². The summed E-state index contributed by atoms with van der Waals surface area (Å²) in [5.41, 5.74) is 0.530. The lowest BCUT2D eigenvalue weighted by atomic mass is 10.3. The van der Waals surface area contributed by atoms with Gasteiger partial charge in [0.2, 0.25) is 15.9 Å². The van der Waals surface area contributed by atoms with Crippen molar-refractivity contribution < 1.29 is 22.7 Å². The number of anilines is 1. The second-order valence-corrected chi connectivity index (χ2v) is 7.78. The molecule has 0 fully saturated rings. The van der Waals surface area contributed by atoms with Gasteiger partial charge in [0.15, 0.2) is 0 Å². The highest BCUT2D eigenvalue weighted by Gasteiger charge is 2.26. The third-order valence-corrected chi connectivity index (χ3v) is 5.61. The van der Waals surface area contributed by atoms with Crippen molar-refractivity contribution in [1.82, 2.24) is 4.31 Å². The number of rotatable bonds is 7. The lowest BCUT2D eigenvalue weighted by Gasteiger charge is -2.18. The first-order chi connectivity index (χ1) is 12.3. The molecule has 0 heterocycles. The van der Waals surface area contributed by atoms with E-state index in [4.69, 9.17) is 21.1 Å². The third kappa shape index (κ3) is 4.66. The number of amides is 1. The van der Waals surface area contributed by atoms with Crippen LogP contribution in [0.15, 0.2) is 47.4 Å². The molecule has 0 saturated heterocycles. The molecule has 26 heavy (non-hydrogen) atoms. The topological polar surface area (TPSA) is 84.9 Å². The molecule has 1 amide bonds. The molecular weight excluding hydrogens is 380 g/mol. The summed E-state index contributed by atoms with van der Waals surface area (Å²) in [6, 6.07) is 11.0. The second-order valence-electron chi connectivity index (χ2n) is 5.33. The molecule has 0 saturated carbocycles. The number of carbonyl (C=O) groups excluding carboxylic acids is 1. The Morgan fingerprint density at radius 3 is 2.35 bits per heavy atom. The van der Waals surface area contributed by atoms with Crippen LogP contribution in [0.1, 0.15) is 0 Å². The van der Waals surface area contributed by atoms with Crippen molar-refractivity contribution in [3.8, 4) is 11.5 Å². The van der Waals surface area contributed by atoms with Crippen LogP contribution in [-0.2, 0) is 14.8 Å². The van der Waals surface area contributed by atoms with Crippen LogP contribution < -0.4 is 14.8 Å². The smallest absolute Gasteiger partial charge is 0.247 e. The van der Waals surface area contributed by atoms with Gasteiger partial charge in [0.1, 0.15) is 16.4 Å². The Labute approximate surface area is 157 Å². The number of sulfonamides is 1. The summed E-state index contributed by atoms with van der Waals surface area (Å²) < 4.78 is 36.5. The number of hydrogen-bond donors (Lipinski definition) is 1. The first kappa shape index (κ1) is 20.0. The van der Waals surface area contributed by atoms with Crippen molar-refractivity contribution in [2.75, 3.05) is 33.1 Å². The molecule has 0 aliphatic carbocycles. The Hall–Kier alpha value is -2.29. The van der Waals surface area contributed by atoms with Gasteiger partial charge in [-0.15, -0.1) is 0 Å². The van der Waals surface area contributed by atoms with E-state index in [2.05, 4.69) is 5.32 Å². The van der Waals surface area contributed by atoms with Crippen LogP contribution in [0.5, 0.6) is 11.5 Å². The van der Waals surface area contributed by atoms with Gasteiger partial charge >= 0.3 is 0 Å². The fraction of sp³-hybridized carbons (Fsp3) is 0.235. The lowest BCUT2D eigenvalue weighted by molar-refractivity contribution is -0.116. The Balaban J connectivity index is 2.13. The second kappa shape index (κ2) is 8.39. The zero-order chi connectivity index (χ0) is 19.3. The maximum Gasteiger partial charge on any atom is 0.247 e. The van der Waals surface area contributed by atoms with Gasteiger partial charge in [0, 0.05) is 17.8 Å². The van der Waals surface area contributed by atoms with Crippen LogP contribution in [0.3, 0.4) is 0 Å². The zero-order valence-corrected chi connectivity index (χ0v) is 16.1. The van der Waals surface area contributed by atoms with E-state index in [1.807, 2.05) is 0 Å². The molecule has 2 rings (SSSR count). The predicted molar refractivity (Wildman–Crippen MR) is 99.4 cm³/mol. The summed E-state index contributed by atoms with van der Waals surface area (Å²) >= 11 is 5.89. The normalized spacial score (nSPS) is 11.3. The molecule has 0 spiro atoms. The van der Waals surface area contributed by atoms with Gasteiger partial charge in [0.25, 0.3) is 0 Å². The quantitative estimate of drug-likeness (QED) is 0.774. The van der Waals surface area contributed by atoms with Gasteiger partial charge < -0.3 is 14.8 Å². The van der Waals surface area contributed by atoms with Crippen molar-refractivity contribution in [3.05, 3.63) is 47.5 Å². The molecular formula is C17H19ClN2O5S. The molecule has 0 atom stereocenters. The molecule has 0 unspecified atom stereocenters. The highest BCUT2D eigenvalue weighted by atomic mass is 35.5. The molecule has 140 valence electrons. The maximum absolute atomic E-state index is 12.7. The minimum absolute atomic E-state index is 0.104. The summed E-state index contributed by atoms with van der Waals surface area (Å²) in [7, 11) is 0.249. The number of ether oxygens (including phenoxy) is 2. The SMILES string of the molecule is COc1ccc(NC(=O)CN(C)S(=O)(=O)c2cc(Cl)ccc2OC)cc1. The minimum atomic E-state index is -3.96. The van der Waals surface area contributed by atoms with E-state index in [0.29, 0.717) is 11.4 Å². The monoisotopic (exact) mass is 398 g/mol. The van der Waals surface area contributed by atoms with E-state index in [1.54, 1.807) is 24.3 Å². The molecule has 0 aliphatic rings. The Morgan fingerprint density at radius 1 is 1.12 bits per heavy atom. The van der Waals surface area contributed by atoms with Crippen LogP contribution in [0.25, 0.3) is 0 Å². The highest BCUT2D eigenvalue weighted by molar-refractivity contribution is 7.89. The lowest BCUT2D eigenvalue weighted by Crippen LogP contribution is -2.35. The summed E-state index contributed by atoms with van der Waals surface area (Å²) in [4.78, 5) is 12.1.